The zero-order chi connectivity index (χ0) is 21.2. The van der Waals surface area contributed by atoms with Crippen LogP contribution in [-0.4, -0.2) is 10.5 Å². The Hall–Kier alpha value is -2.94. The Morgan fingerprint density at radius 1 is 1.10 bits per heavy atom. The molecule has 152 valence electrons. The Balaban J connectivity index is 1.72. The molecule has 0 aliphatic rings. The molecule has 0 fully saturated rings. The smallest absolute Gasteiger partial charge is 0.347 e. The van der Waals surface area contributed by atoms with Crippen LogP contribution in [0.15, 0.2) is 53.3 Å². The van der Waals surface area contributed by atoms with Gasteiger partial charge in [-0.15, -0.1) is 0 Å². The van der Waals surface area contributed by atoms with Gasteiger partial charge in [0.25, 0.3) is 5.91 Å². The summed E-state index contributed by atoms with van der Waals surface area (Å²) in [6.07, 6.45) is -4.42. The predicted octanol–water partition coefficient (Wildman–Crippen LogP) is 4.35. The fraction of sp³-hybridized carbons (Fsp3) is 0.200. The maximum Gasteiger partial charge on any atom is 0.416 e. The zero-order valence-corrected chi connectivity index (χ0v) is 16.0. The third kappa shape index (κ3) is 4.73. The van der Waals surface area contributed by atoms with Crippen LogP contribution in [0, 0.1) is 12.7 Å². The van der Waals surface area contributed by atoms with Crippen LogP contribution in [0.4, 0.5) is 17.6 Å². The fourth-order valence-electron chi connectivity index (χ4n) is 2.74. The van der Waals surface area contributed by atoms with Crippen LogP contribution in [-0.2, 0) is 19.3 Å². The molecule has 3 aromatic rings. The Labute approximate surface area is 167 Å². The van der Waals surface area contributed by atoms with Crippen LogP contribution in [0.5, 0.6) is 0 Å². The zero-order valence-electron chi connectivity index (χ0n) is 15.2. The van der Waals surface area contributed by atoms with Gasteiger partial charge in [0.1, 0.15) is 10.7 Å². The average molecular weight is 424 g/mol. The van der Waals surface area contributed by atoms with Crippen molar-refractivity contribution in [2.75, 3.05) is 0 Å². The quantitative estimate of drug-likeness (QED) is 0.619. The first-order chi connectivity index (χ1) is 13.7. The summed E-state index contributed by atoms with van der Waals surface area (Å²) in [5, 5.41) is 2.59. The lowest BCUT2D eigenvalue weighted by Crippen LogP contribution is -2.23. The molecule has 1 heterocycles. The lowest BCUT2D eigenvalue weighted by atomic mass is 10.1. The molecule has 0 radical (unpaired) electrons. The molecule has 9 heteroatoms. The van der Waals surface area contributed by atoms with Gasteiger partial charge in [-0.2, -0.15) is 13.2 Å². The molecule has 3 rings (SSSR count). The lowest BCUT2D eigenvalue weighted by molar-refractivity contribution is -0.137. The molecule has 0 atom stereocenters. The summed E-state index contributed by atoms with van der Waals surface area (Å²) in [7, 11) is 0. The first-order valence-electron chi connectivity index (χ1n) is 8.55. The number of thiazole rings is 1. The number of aromatic nitrogens is 1. The minimum absolute atomic E-state index is 0.0000242. The van der Waals surface area contributed by atoms with E-state index in [0.29, 0.717) is 16.8 Å². The van der Waals surface area contributed by atoms with E-state index in [-0.39, 0.29) is 18.0 Å². The van der Waals surface area contributed by atoms with Crippen LogP contribution in [0.25, 0.3) is 0 Å². The average Bonchev–Trinajstić information content (AvgIpc) is 2.95. The molecular weight excluding hydrogens is 408 g/mol. The van der Waals surface area contributed by atoms with Crippen molar-refractivity contribution in [3.8, 4) is 0 Å². The van der Waals surface area contributed by atoms with E-state index >= 15 is 0 Å². The van der Waals surface area contributed by atoms with Crippen LogP contribution in [0.1, 0.15) is 32.1 Å². The van der Waals surface area contributed by atoms with E-state index in [1.54, 1.807) is 25.1 Å². The highest BCUT2D eigenvalue weighted by molar-refractivity contribution is 7.11. The Morgan fingerprint density at radius 2 is 1.76 bits per heavy atom. The molecule has 0 aliphatic carbocycles. The van der Waals surface area contributed by atoms with Crippen molar-refractivity contribution in [1.29, 1.82) is 0 Å². The van der Waals surface area contributed by atoms with Gasteiger partial charge >= 0.3 is 11.0 Å². The molecule has 0 saturated carbocycles. The number of carbonyl (C=O) groups excluding carboxylic acids is 1. The SMILES string of the molecule is Cc1c(C(=O)NCc2ccc(C(F)(F)F)cc2)sc(=O)n1Cc1ccccc1F. The minimum Gasteiger partial charge on any atom is -0.347 e. The standard InChI is InChI=1S/C20H16F4N2O2S/c1-12-17(29-19(28)26(12)11-14-4-2-3-5-16(14)21)18(27)25-10-13-6-8-15(9-7-13)20(22,23)24/h2-9H,10-11H2,1H3,(H,25,27). The predicted molar refractivity (Wildman–Crippen MR) is 101 cm³/mol. The highest BCUT2D eigenvalue weighted by Crippen LogP contribution is 2.29. The van der Waals surface area contributed by atoms with Crippen LogP contribution >= 0.6 is 11.3 Å². The normalized spacial score (nSPS) is 11.5. The van der Waals surface area contributed by atoms with E-state index in [2.05, 4.69) is 5.32 Å². The van der Waals surface area contributed by atoms with Crippen LogP contribution < -0.4 is 10.2 Å². The van der Waals surface area contributed by atoms with Crippen molar-refractivity contribution in [1.82, 2.24) is 9.88 Å². The summed E-state index contributed by atoms with van der Waals surface area (Å²) in [5.41, 5.74) is 0.439. The van der Waals surface area contributed by atoms with Crippen molar-refractivity contribution in [3.05, 3.63) is 91.3 Å². The topological polar surface area (TPSA) is 51.1 Å². The first kappa shape index (κ1) is 20.8. The second kappa shape index (κ2) is 8.20. The maximum atomic E-state index is 13.9. The van der Waals surface area contributed by atoms with E-state index in [1.807, 2.05) is 0 Å². The maximum absolute atomic E-state index is 13.9. The third-order valence-corrected chi connectivity index (χ3v) is 5.45. The fourth-order valence-corrected chi connectivity index (χ4v) is 3.65. The molecule has 0 spiro atoms. The van der Waals surface area contributed by atoms with Gasteiger partial charge in [0.15, 0.2) is 0 Å². The molecular formula is C20H16F4N2O2S. The molecule has 0 bridgehead atoms. The number of hydrogen-bond donors (Lipinski definition) is 1. The van der Waals surface area contributed by atoms with Crippen molar-refractivity contribution < 1.29 is 22.4 Å². The van der Waals surface area contributed by atoms with Gasteiger partial charge < -0.3 is 5.32 Å². The minimum atomic E-state index is -4.42. The summed E-state index contributed by atoms with van der Waals surface area (Å²) in [6, 6.07) is 10.5. The summed E-state index contributed by atoms with van der Waals surface area (Å²) in [4.78, 5) is 24.5. The number of nitrogens with zero attached hydrogens (tertiary/aromatic N) is 1. The van der Waals surface area contributed by atoms with Gasteiger partial charge in [-0.1, -0.05) is 41.7 Å². The molecule has 0 unspecified atom stereocenters. The monoisotopic (exact) mass is 424 g/mol. The highest BCUT2D eigenvalue weighted by atomic mass is 32.1. The number of halogens is 4. The van der Waals surface area contributed by atoms with Gasteiger partial charge in [-0.05, 0) is 30.7 Å². The largest absolute Gasteiger partial charge is 0.416 e. The second-order valence-corrected chi connectivity index (χ2v) is 7.30. The van der Waals surface area contributed by atoms with Gasteiger partial charge in [0.2, 0.25) is 0 Å². The number of benzene rings is 2. The molecule has 2 aromatic carbocycles. The summed E-state index contributed by atoms with van der Waals surface area (Å²) >= 11 is 0.739. The van der Waals surface area contributed by atoms with Gasteiger partial charge in [-0.3, -0.25) is 14.2 Å². The molecule has 4 nitrogen and oxygen atoms in total. The van der Waals surface area contributed by atoms with Crippen LogP contribution in [0.2, 0.25) is 0 Å². The Bertz CT molecular complexity index is 1090. The second-order valence-electron chi connectivity index (χ2n) is 6.34. The molecule has 1 amide bonds. The Morgan fingerprint density at radius 3 is 2.38 bits per heavy atom. The summed E-state index contributed by atoms with van der Waals surface area (Å²) < 4.78 is 53.0. The molecule has 1 aromatic heterocycles. The molecule has 29 heavy (non-hydrogen) atoms. The molecule has 0 aliphatic heterocycles. The summed E-state index contributed by atoms with van der Waals surface area (Å²) in [6.45, 7) is 1.60. The van der Waals surface area contributed by atoms with Gasteiger partial charge in [0.05, 0.1) is 12.1 Å². The van der Waals surface area contributed by atoms with Crippen molar-refractivity contribution in [2.45, 2.75) is 26.2 Å². The van der Waals surface area contributed by atoms with E-state index in [0.717, 1.165) is 23.5 Å². The van der Waals surface area contributed by atoms with E-state index in [1.165, 1.54) is 22.8 Å². The lowest BCUT2D eigenvalue weighted by Gasteiger charge is -2.09. The number of hydrogen-bond acceptors (Lipinski definition) is 3. The van der Waals surface area contributed by atoms with Crippen molar-refractivity contribution >= 4 is 17.2 Å². The number of rotatable bonds is 5. The number of alkyl halides is 3. The highest BCUT2D eigenvalue weighted by Gasteiger charge is 2.29. The third-order valence-electron chi connectivity index (χ3n) is 4.37. The van der Waals surface area contributed by atoms with E-state index in [4.69, 9.17) is 0 Å². The van der Waals surface area contributed by atoms with Crippen molar-refractivity contribution in [3.63, 3.8) is 0 Å². The summed E-state index contributed by atoms with van der Waals surface area (Å²) in [5.74, 6) is -0.963. The van der Waals surface area contributed by atoms with Crippen molar-refractivity contribution in [2.24, 2.45) is 0 Å². The Kier molecular flexibility index (Phi) is 5.88. The number of carbonyl (C=O) groups is 1. The molecule has 1 N–H and O–H groups in total. The molecule has 0 saturated heterocycles. The first-order valence-corrected chi connectivity index (χ1v) is 9.36. The number of nitrogens with one attached hydrogen (secondary N) is 1. The van der Waals surface area contributed by atoms with E-state index < -0.39 is 28.3 Å². The van der Waals surface area contributed by atoms with Crippen LogP contribution in [0.3, 0.4) is 0 Å². The van der Waals surface area contributed by atoms with Gasteiger partial charge in [-0.25, -0.2) is 4.39 Å². The van der Waals surface area contributed by atoms with Gasteiger partial charge in [0, 0.05) is 17.8 Å². The number of amides is 1. The van der Waals surface area contributed by atoms with E-state index in [9.17, 15) is 27.2 Å².